The van der Waals surface area contributed by atoms with E-state index in [1.165, 1.54) is 0 Å². The van der Waals surface area contributed by atoms with Crippen molar-refractivity contribution in [1.82, 2.24) is 5.32 Å². The molecule has 3 N–H and O–H groups in total. The van der Waals surface area contributed by atoms with E-state index in [2.05, 4.69) is 11.9 Å². The van der Waals surface area contributed by atoms with Crippen molar-refractivity contribution in [3.8, 4) is 0 Å². The fourth-order valence-corrected chi connectivity index (χ4v) is 0.844. The highest BCUT2D eigenvalue weighted by Crippen LogP contribution is 1.93. The van der Waals surface area contributed by atoms with Gasteiger partial charge in [0.2, 0.25) is 5.91 Å². The summed E-state index contributed by atoms with van der Waals surface area (Å²) in [5.41, 5.74) is 5.52. The van der Waals surface area contributed by atoms with E-state index >= 15 is 0 Å². The van der Waals surface area contributed by atoms with Crippen LogP contribution in [-0.2, 0) is 4.79 Å². The lowest BCUT2D eigenvalue weighted by molar-refractivity contribution is -0.122. The lowest BCUT2D eigenvalue weighted by Crippen LogP contribution is -2.43. The molecule has 0 aromatic carbocycles. The minimum absolute atomic E-state index is 0.0770. The summed E-state index contributed by atoms with van der Waals surface area (Å²) in [5.74, 6) is -0.0770. The first-order valence-corrected chi connectivity index (χ1v) is 4.28. The first-order chi connectivity index (χ1) is 5.61. The van der Waals surface area contributed by atoms with E-state index in [1.807, 2.05) is 13.8 Å². The summed E-state index contributed by atoms with van der Waals surface area (Å²) >= 11 is 0. The number of hydrogen-bond donors (Lipinski definition) is 2. The molecular formula is C9H18N2O. The Kier molecular flexibility index (Phi) is 5.37. The Morgan fingerprint density at radius 1 is 1.75 bits per heavy atom. The molecule has 0 rings (SSSR count). The summed E-state index contributed by atoms with van der Waals surface area (Å²) in [4.78, 5) is 11.2. The van der Waals surface area contributed by atoms with Gasteiger partial charge in [-0.1, -0.05) is 13.0 Å². The zero-order valence-corrected chi connectivity index (χ0v) is 7.84. The molecule has 0 spiro atoms. The van der Waals surface area contributed by atoms with Gasteiger partial charge in [0, 0.05) is 6.04 Å². The van der Waals surface area contributed by atoms with Gasteiger partial charge in [0.15, 0.2) is 0 Å². The van der Waals surface area contributed by atoms with E-state index in [0.29, 0.717) is 6.42 Å². The molecule has 0 aromatic rings. The Bertz CT molecular complexity index is 157. The van der Waals surface area contributed by atoms with Gasteiger partial charge in [0.25, 0.3) is 0 Å². The highest BCUT2D eigenvalue weighted by molar-refractivity contribution is 5.81. The van der Waals surface area contributed by atoms with Gasteiger partial charge in [-0.25, -0.2) is 0 Å². The molecule has 0 bridgehead atoms. The third-order valence-corrected chi connectivity index (χ3v) is 1.69. The lowest BCUT2D eigenvalue weighted by atomic mass is 10.2. The summed E-state index contributed by atoms with van der Waals surface area (Å²) < 4.78 is 0. The van der Waals surface area contributed by atoms with Crippen LogP contribution >= 0.6 is 0 Å². The van der Waals surface area contributed by atoms with Gasteiger partial charge in [0.05, 0.1) is 6.04 Å². The molecule has 2 atom stereocenters. The number of rotatable bonds is 5. The fourth-order valence-electron chi connectivity index (χ4n) is 0.844. The topological polar surface area (TPSA) is 55.1 Å². The molecule has 0 heterocycles. The Labute approximate surface area is 74.0 Å². The Balaban J connectivity index is 3.75. The van der Waals surface area contributed by atoms with Crippen LogP contribution in [0.2, 0.25) is 0 Å². The summed E-state index contributed by atoms with van der Waals surface area (Å²) in [6.07, 6.45) is 3.23. The van der Waals surface area contributed by atoms with Crippen molar-refractivity contribution in [2.24, 2.45) is 5.73 Å². The quantitative estimate of drug-likeness (QED) is 0.600. The zero-order chi connectivity index (χ0) is 9.56. The summed E-state index contributed by atoms with van der Waals surface area (Å²) in [5, 5.41) is 2.80. The maximum Gasteiger partial charge on any atom is 0.237 e. The van der Waals surface area contributed by atoms with Gasteiger partial charge in [-0.3, -0.25) is 4.79 Å². The predicted octanol–water partition coefficient (Wildman–Crippen LogP) is 0.804. The average molecular weight is 170 g/mol. The number of hydrogen-bond acceptors (Lipinski definition) is 2. The Morgan fingerprint density at radius 3 is 2.75 bits per heavy atom. The van der Waals surface area contributed by atoms with Gasteiger partial charge in [0.1, 0.15) is 0 Å². The largest absolute Gasteiger partial charge is 0.352 e. The number of carbonyl (C=O) groups is 1. The van der Waals surface area contributed by atoms with Crippen molar-refractivity contribution >= 4 is 5.91 Å². The number of nitrogens with one attached hydrogen (secondary N) is 1. The third-order valence-electron chi connectivity index (χ3n) is 1.69. The molecule has 0 radical (unpaired) electrons. The first kappa shape index (κ1) is 11.2. The molecule has 0 aliphatic heterocycles. The molecule has 0 fully saturated rings. The van der Waals surface area contributed by atoms with Crippen LogP contribution in [0.5, 0.6) is 0 Å². The van der Waals surface area contributed by atoms with Crippen molar-refractivity contribution in [2.75, 3.05) is 0 Å². The van der Waals surface area contributed by atoms with E-state index in [4.69, 9.17) is 5.73 Å². The van der Waals surface area contributed by atoms with Crippen LogP contribution in [0, 0.1) is 0 Å². The van der Waals surface area contributed by atoms with Crippen molar-refractivity contribution < 1.29 is 4.79 Å². The molecule has 0 aromatic heterocycles. The number of carbonyl (C=O) groups excluding carboxylic acids is 1. The molecule has 1 amide bonds. The third kappa shape index (κ3) is 4.13. The van der Waals surface area contributed by atoms with Crippen molar-refractivity contribution in [1.29, 1.82) is 0 Å². The number of nitrogens with two attached hydrogens (primary N) is 1. The molecular weight excluding hydrogens is 152 g/mol. The summed E-state index contributed by atoms with van der Waals surface area (Å²) in [6.45, 7) is 7.41. The average Bonchev–Trinajstić information content (AvgIpc) is 2.03. The lowest BCUT2D eigenvalue weighted by Gasteiger charge is -2.14. The monoisotopic (exact) mass is 170 g/mol. The minimum atomic E-state index is -0.378. The first-order valence-electron chi connectivity index (χ1n) is 4.28. The maximum atomic E-state index is 11.2. The normalized spacial score (nSPS) is 14.9. The molecule has 12 heavy (non-hydrogen) atoms. The molecule has 0 aliphatic carbocycles. The van der Waals surface area contributed by atoms with E-state index < -0.39 is 0 Å². The highest BCUT2D eigenvalue weighted by Gasteiger charge is 2.12. The SMILES string of the molecule is C=CCC(C)NC(=O)[C@H](N)CC. The van der Waals surface area contributed by atoms with Gasteiger partial charge in [-0.05, 0) is 19.8 Å². The van der Waals surface area contributed by atoms with Crippen LogP contribution in [0.15, 0.2) is 12.7 Å². The van der Waals surface area contributed by atoms with Crippen LogP contribution < -0.4 is 11.1 Å². The maximum absolute atomic E-state index is 11.2. The van der Waals surface area contributed by atoms with Crippen LogP contribution in [-0.4, -0.2) is 18.0 Å². The Hall–Kier alpha value is -0.830. The van der Waals surface area contributed by atoms with Gasteiger partial charge in [-0.15, -0.1) is 6.58 Å². The van der Waals surface area contributed by atoms with Crippen LogP contribution in [0.25, 0.3) is 0 Å². The Morgan fingerprint density at radius 2 is 2.33 bits per heavy atom. The minimum Gasteiger partial charge on any atom is -0.352 e. The summed E-state index contributed by atoms with van der Waals surface area (Å²) in [7, 11) is 0. The van der Waals surface area contributed by atoms with Crippen molar-refractivity contribution in [2.45, 2.75) is 38.8 Å². The van der Waals surface area contributed by atoms with E-state index in [-0.39, 0.29) is 18.0 Å². The second-order valence-corrected chi connectivity index (χ2v) is 2.95. The van der Waals surface area contributed by atoms with Gasteiger partial charge < -0.3 is 11.1 Å². The van der Waals surface area contributed by atoms with E-state index in [1.54, 1.807) is 6.08 Å². The van der Waals surface area contributed by atoms with Crippen LogP contribution in [0.4, 0.5) is 0 Å². The van der Waals surface area contributed by atoms with Gasteiger partial charge in [-0.2, -0.15) is 0 Å². The van der Waals surface area contributed by atoms with Crippen molar-refractivity contribution in [3.63, 3.8) is 0 Å². The predicted molar refractivity (Wildman–Crippen MR) is 50.7 cm³/mol. The summed E-state index contributed by atoms with van der Waals surface area (Å²) in [6, 6.07) is -0.245. The standard InChI is InChI=1S/C9H18N2O/c1-4-6-7(3)11-9(12)8(10)5-2/h4,7-8H,1,5-6,10H2,2-3H3,(H,11,12)/t7?,8-/m1/s1. The second kappa shape index (κ2) is 5.77. The zero-order valence-electron chi connectivity index (χ0n) is 7.84. The second-order valence-electron chi connectivity index (χ2n) is 2.95. The van der Waals surface area contributed by atoms with Crippen molar-refractivity contribution in [3.05, 3.63) is 12.7 Å². The fraction of sp³-hybridized carbons (Fsp3) is 0.667. The molecule has 3 heteroatoms. The number of amides is 1. The molecule has 0 saturated carbocycles. The molecule has 70 valence electrons. The van der Waals surface area contributed by atoms with Gasteiger partial charge >= 0.3 is 0 Å². The van der Waals surface area contributed by atoms with Crippen LogP contribution in [0.3, 0.4) is 0 Å². The molecule has 1 unspecified atom stereocenters. The van der Waals surface area contributed by atoms with Crippen LogP contribution in [0.1, 0.15) is 26.7 Å². The van der Waals surface area contributed by atoms with E-state index in [9.17, 15) is 4.79 Å². The molecule has 0 aliphatic rings. The highest BCUT2D eigenvalue weighted by atomic mass is 16.2. The smallest absolute Gasteiger partial charge is 0.237 e. The molecule has 3 nitrogen and oxygen atoms in total. The van der Waals surface area contributed by atoms with E-state index in [0.717, 1.165) is 6.42 Å². The molecule has 0 saturated heterocycles.